The third-order valence-corrected chi connectivity index (χ3v) is 2.01. The zero-order valence-corrected chi connectivity index (χ0v) is 7.81. The quantitative estimate of drug-likeness (QED) is 0.746. The van der Waals surface area contributed by atoms with E-state index in [4.69, 9.17) is 6.85 Å². The number of likely N-dealkylation sites (N-methyl/N-ethyl adjacent to an activating group) is 1. The van der Waals surface area contributed by atoms with E-state index in [0.717, 1.165) is 0 Å². The van der Waals surface area contributed by atoms with Crippen molar-refractivity contribution in [1.82, 2.24) is 5.32 Å². The first kappa shape index (κ1) is 5.13. The molecule has 1 aromatic carbocycles. The number of hydrogen-bond donors (Lipinski definition) is 2. The van der Waals surface area contributed by atoms with E-state index < -0.39 is 24.2 Å². The minimum absolute atomic E-state index is 0.0535. The molecule has 0 saturated heterocycles. The van der Waals surface area contributed by atoms with Crippen LogP contribution in [0.3, 0.4) is 0 Å². The Morgan fingerprint density at radius 2 is 2.08 bits per heavy atom. The number of benzene rings is 1. The molecular weight excluding hydrogens is 162 g/mol. The Morgan fingerprint density at radius 1 is 1.46 bits per heavy atom. The minimum atomic E-state index is -1.13. The summed E-state index contributed by atoms with van der Waals surface area (Å²) in [5.74, 6) is 0. The van der Waals surface area contributed by atoms with Crippen LogP contribution >= 0.6 is 0 Å². The van der Waals surface area contributed by atoms with E-state index in [-0.39, 0.29) is 23.7 Å². The highest BCUT2D eigenvalue weighted by Crippen LogP contribution is 2.17. The maximum absolute atomic E-state index is 10.2. The highest BCUT2D eigenvalue weighted by Gasteiger charge is 2.16. The van der Waals surface area contributed by atoms with Gasteiger partial charge in [0.15, 0.2) is 0 Å². The van der Waals surface area contributed by atoms with Gasteiger partial charge < -0.3 is 10.4 Å². The summed E-state index contributed by atoms with van der Waals surface area (Å²) in [5, 5.41) is 13.0. The Balaban J connectivity index is 3.41. The lowest BCUT2D eigenvalue weighted by Gasteiger charge is -2.21. The third kappa shape index (κ3) is 2.54. The fraction of sp³-hybridized carbons (Fsp3) is 0.455. The zero-order chi connectivity index (χ0) is 14.0. The summed E-state index contributed by atoms with van der Waals surface area (Å²) in [7, 11) is 1.66. The predicted molar refractivity (Wildman–Crippen MR) is 54.5 cm³/mol. The first-order valence-corrected chi connectivity index (χ1v) is 4.28. The highest BCUT2D eigenvalue weighted by molar-refractivity contribution is 5.18. The normalized spacial score (nSPS) is 20.7. The Morgan fingerprint density at radius 3 is 2.54 bits per heavy atom. The van der Waals surface area contributed by atoms with Gasteiger partial charge in [0, 0.05) is 6.04 Å². The van der Waals surface area contributed by atoms with Crippen molar-refractivity contribution in [3.8, 4) is 0 Å². The third-order valence-electron chi connectivity index (χ3n) is 2.01. The molecule has 0 amide bonds. The second-order valence-electron chi connectivity index (χ2n) is 2.79. The lowest BCUT2D eigenvalue weighted by Crippen LogP contribution is -2.31. The topological polar surface area (TPSA) is 32.3 Å². The Labute approximate surface area is 86.6 Å². The van der Waals surface area contributed by atoms with Crippen molar-refractivity contribution in [2.24, 2.45) is 0 Å². The van der Waals surface area contributed by atoms with Crippen LogP contribution in [0.2, 0.25) is 0 Å². The molecule has 0 saturated carbocycles. The van der Waals surface area contributed by atoms with Gasteiger partial charge in [-0.05, 0) is 19.0 Å². The van der Waals surface area contributed by atoms with Gasteiger partial charge in [-0.15, -0.1) is 0 Å². The number of aliphatic hydroxyl groups is 1. The number of nitrogens with one attached hydrogen (secondary N) is 1. The van der Waals surface area contributed by atoms with Crippen LogP contribution in [0.5, 0.6) is 0 Å². The second kappa shape index (κ2) is 5.00. The highest BCUT2D eigenvalue weighted by atomic mass is 16.3. The van der Waals surface area contributed by atoms with Gasteiger partial charge in [-0.25, -0.2) is 0 Å². The van der Waals surface area contributed by atoms with Crippen molar-refractivity contribution in [2.75, 3.05) is 7.05 Å². The molecule has 72 valence electrons. The largest absolute Gasteiger partial charge is 0.387 e. The van der Waals surface area contributed by atoms with Crippen LogP contribution < -0.4 is 5.32 Å². The SMILES string of the molecule is [2H]c1c([2H])c([2H])c(C(O)C(CC)NC)c([2H])c1[2H]. The molecule has 0 radical (unpaired) electrons. The van der Waals surface area contributed by atoms with Crippen molar-refractivity contribution in [3.63, 3.8) is 0 Å². The van der Waals surface area contributed by atoms with Crippen molar-refractivity contribution >= 4 is 0 Å². The maximum Gasteiger partial charge on any atom is 0.0942 e. The molecule has 2 nitrogen and oxygen atoms in total. The van der Waals surface area contributed by atoms with E-state index in [2.05, 4.69) is 5.32 Å². The predicted octanol–water partition coefficient (Wildman–Crippen LogP) is 1.72. The lowest BCUT2D eigenvalue weighted by molar-refractivity contribution is 0.130. The molecule has 0 aromatic heterocycles. The van der Waals surface area contributed by atoms with Gasteiger partial charge in [-0.1, -0.05) is 37.1 Å². The van der Waals surface area contributed by atoms with Crippen LogP contribution in [0.15, 0.2) is 30.2 Å². The standard InChI is InChI=1S/C11H17NO/c1-3-10(12-2)11(13)9-7-5-4-6-8-9/h4-8,10-13H,3H2,1-2H3/i4D,5D,6D,7D,8D. The molecule has 0 aliphatic carbocycles. The molecule has 2 heteroatoms. The molecule has 0 spiro atoms. The lowest BCUT2D eigenvalue weighted by atomic mass is 10.0. The van der Waals surface area contributed by atoms with Gasteiger partial charge in [-0.3, -0.25) is 0 Å². The van der Waals surface area contributed by atoms with Crippen LogP contribution in [-0.4, -0.2) is 18.2 Å². The average Bonchev–Trinajstić information content (AvgIpc) is 2.36. The van der Waals surface area contributed by atoms with E-state index >= 15 is 0 Å². The Bertz CT molecular complexity index is 419. The molecule has 0 aliphatic rings. The van der Waals surface area contributed by atoms with Gasteiger partial charge in [-0.2, -0.15) is 0 Å². The molecule has 1 rings (SSSR count). The van der Waals surface area contributed by atoms with Crippen LogP contribution in [0.25, 0.3) is 0 Å². The van der Waals surface area contributed by atoms with Gasteiger partial charge in [0.25, 0.3) is 0 Å². The summed E-state index contributed by atoms with van der Waals surface area (Å²) in [6.45, 7) is 1.85. The molecule has 0 fully saturated rings. The van der Waals surface area contributed by atoms with Gasteiger partial charge >= 0.3 is 0 Å². The Hall–Kier alpha value is -0.860. The number of aliphatic hydroxyl groups excluding tert-OH is 1. The molecule has 0 aliphatic heterocycles. The minimum Gasteiger partial charge on any atom is -0.387 e. The van der Waals surface area contributed by atoms with Crippen LogP contribution in [0.4, 0.5) is 0 Å². The fourth-order valence-corrected chi connectivity index (χ4v) is 1.19. The monoisotopic (exact) mass is 184 g/mol. The summed E-state index contributed by atoms with van der Waals surface area (Å²) in [6.07, 6.45) is -0.548. The summed E-state index contributed by atoms with van der Waals surface area (Å²) in [6, 6.07) is -2.33. The maximum atomic E-state index is 10.2. The first-order valence-electron chi connectivity index (χ1n) is 6.78. The summed E-state index contributed by atoms with van der Waals surface area (Å²) in [4.78, 5) is 0. The zero-order valence-electron chi connectivity index (χ0n) is 12.8. The smallest absolute Gasteiger partial charge is 0.0942 e. The number of hydrogen-bond acceptors (Lipinski definition) is 2. The van der Waals surface area contributed by atoms with Crippen molar-refractivity contribution < 1.29 is 12.0 Å². The van der Waals surface area contributed by atoms with Crippen molar-refractivity contribution in [1.29, 1.82) is 0 Å². The summed E-state index contributed by atoms with van der Waals surface area (Å²) >= 11 is 0. The van der Waals surface area contributed by atoms with Crippen LogP contribution in [0.1, 0.15) is 31.9 Å². The molecule has 1 aromatic rings. The van der Waals surface area contributed by atoms with Crippen LogP contribution in [-0.2, 0) is 0 Å². The van der Waals surface area contributed by atoms with Gasteiger partial charge in [0.05, 0.1) is 13.0 Å². The van der Waals surface area contributed by atoms with E-state index in [1.165, 1.54) is 0 Å². The van der Waals surface area contributed by atoms with Crippen molar-refractivity contribution in [2.45, 2.75) is 25.5 Å². The molecular formula is C11H17NO. The van der Waals surface area contributed by atoms with E-state index in [9.17, 15) is 5.11 Å². The molecule has 0 heterocycles. The van der Waals surface area contributed by atoms with Gasteiger partial charge in [0.1, 0.15) is 0 Å². The first-order chi connectivity index (χ1) is 8.36. The van der Waals surface area contributed by atoms with Crippen molar-refractivity contribution in [3.05, 3.63) is 35.8 Å². The second-order valence-corrected chi connectivity index (χ2v) is 2.79. The van der Waals surface area contributed by atoms with E-state index in [1.807, 2.05) is 6.92 Å². The number of rotatable bonds is 4. The molecule has 0 bridgehead atoms. The fourth-order valence-electron chi connectivity index (χ4n) is 1.19. The summed E-state index contributed by atoms with van der Waals surface area (Å²) < 4.78 is 38.1. The average molecular weight is 184 g/mol. The molecule has 13 heavy (non-hydrogen) atoms. The van der Waals surface area contributed by atoms with Crippen LogP contribution in [0, 0.1) is 0 Å². The molecule has 2 N–H and O–H groups in total. The molecule has 2 atom stereocenters. The summed E-state index contributed by atoms with van der Waals surface area (Å²) in [5.41, 5.74) is -0.0535. The Kier molecular flexibility index (Phi) is 1.97. The van der Waals surface area contributed by atoms with E-state index in [1.54, 1.807) is 7.05 Å². The molecule has 2 unspecified atom stereocenters. The van der Waals surface area contributed by atoms with E-state index in [0.29, 0.717) is 6.42 Å². The van der Waals surface area contributed by atoms with Gasteiger partial charge in [0.2, 0.25) is 0 Å².